The Morgan fingerprint density at radius 3 is 2.65 bits per heavy atom. The number of rotatable bonds is 6. The van der Waals surface area contributed by atoms with Gasteiger partial charge in [0.25, 0.3) is 0 Å². The molecule has 2 heterocycles. The molecular weight excluding hydrogens is 342 g/mol. The number of nitrogens with one attached hydrogen (secondary N) is 1. The maximum atomic E-state index is 12.6. The van der Waals surface area contributed by atoms with E-state index >= 15 is 0 Å². The number of fused-ring (bicyclic) bond motifs is 1. The van der Waals surface area contributed by atoms with Crippen molar-refractivity contribution in [3.05, 3.63) is 63.5 Å². The van der Waals surface area contributed by atoms with Crippen molar-refractivity contribution in [1.29, 1.82) is 0 Å². The molecule has 26 heavy (non-hydrogen) atoms. The minimum atomic E-state index is 0.0386. The number of pyridine rings is 1. The molecular formula is C21H25N3OS. The number of para-hydroxylation sites is 1. The standard InChI is InChI=1S/C21H25N3OS/c1-14-16-8-5-6-9-18(16)23-15(2)17(14)12-21(25)22-13-19(24(3)4)20-10-7-11-26-20/h5-11,19H,12-13H2,1-4H3,(H,22,25). The highest BCUT2D eigenvalue weighted by molar-refractivity contribution is 7.10. The Kier molecular flexibility index (Phi) is 5.69. The predicted octanol–water partition coefficient (Wildman–Crippen LogP) is 3.87. The van der Waals surface area contributed by atoms with E-state index in [2.05, 4.69) is 39.6 Å². The smallest absolute Gasteiger partial charge is 0.224 e. The minimum absolute atomic E-state index is 0.0386. The van der Waals surface area contributed by atoms with Crippen molar-refractivity contribution in [2.75, 3.05) is 20.6 Å². The van der Waals surface area contributed by atoms with Gasteiger partial charge in [0, 0.05) is 22.5 Å². The van der Waals surface area contributed by atoms with E-state index in [9.17, 15) is 4.79 Å². The Balaban J connectivity index is 1.73. The van der Waals surface area contributed by atoms with E-state index < -0.39 is 0 Å². The van der Waals surface area contributed by atoms with Crippen LogP contribution in [0.2, 0.25) is 0 Å². The highest BCUT2D eigenvalue weighted by atomic mass is 32.1. The fraction of sp³-hybridized carbons (Fsp3) is 0.333. The maximum Gasteiger partial charge on any atom is 0.224 e. The molecule has 0 aliphatic carbocycles. The number of thiophene rings is 1. The third-order valence-electron chi connectivity index (χ3n) is 4.81. The summed E-state index contributed by atoms with van der Waals surface area (Å²) in [5.41, 5.74) is 4.08. The molecule has 0 spiro atoms. The van der Waals surface area contributed by atoms with Crippen LogP contribution < -0.4 is 5.32 Å². The molecule has 0 fully saturated rings. The molecule has 136 valence electrons. The Labute approximate surface area is 158 Å². The van der Waals surface area contributed by atoms with E-state index in [0.717, 1.165) is 27.7 Å². The van der Waals surface area contributed by atoms with Crippen LogP contribution >= 0.6 is 11.3 Å². The summed E-state index contributed by atoms with van der Waals surface area (Å²) in [6.45, 7) is 4.66. The lowest BCUT2D eigenvalue weighted by Gasteiger charge is -2.23. The van der Waals surface area contributed by atoms with E-state index in [-0.39, 0.29) is 11.9 Å². The van der Waals surface area contributed by atoms with E-state index in [1.54, 1.807) is 11.3 Å². The summed E-state index contributed by atoms with van der Waals surface area (Å²) in [5.74, 6) is 0.0386. The summed E-state index contributed by atoms with van der Waals surface area (Å²) >= 11 is 1.72. The van der Waals surface area contributed by atoms with Crippen molar-refractivity contribution in [3.63, 3.8) is 0 Å². The molecule has 0 aliphatic rings. The maximum absolute atomic E-state index is 12.6. The number of aryl methyl sites for hydroxylation is 2. The number of likely N-dealkylation sites (N-methyl/N-ethyl adjacent to an activating group) is 1. The molecule has 4 nitrogen and oxygen atoms in total. The van der Waals surface area contributed by atoms with Gasteiger partial charge in [-0.05, 0) is 56.6 Å². The molecule has 0 aliphatic heterocycles. The van der Waals surface area contributed by atoms with Gasteiger partial charge in [-0.25, -0.2) is 0 Å². The van der Waals surface area contributed by atoms with E-state index in [1.807, 2.05) is 45.3 Å². The van der Waals surface area contributed by atoms with Crippen molar-refractivity contribution < 1.29 is 4.79 Å². The van der Waals surface area contributed by atoms with Crippen LogP contribution in [-0.4, -0.2) is 36.4 Å². The van der Waals surface area contributed by atoms with E-state index in [4.69, 9.17) is 0 Å². The van der Waals surface area contributed by atoms with Crippen LogP contribution in [0.4, 0.5) is 0 Å². The van der Waals surface area contributed by atoms with Gasteiger partial charge < -0.3 is 10.2 Å². The second-order valence-corrected chi connectivity index (χ2v) is 7.77. The van der Waals surface area contributed by atoms with Gasteiger partial charge in [-0.3, -0.25) is 9.78 Å². The fourth-order valence-electron chi connectivity index (χ4n) is 3.28. The number of carbonyl (C=O) groups is 1. The molecule has 0 saturated carbocycles. The van der Waals surface area contributed by atoms with Crippen LogP contribution in [0.1, 0.15) is 27.7 Å². The van der Waals surface area contributed by atoms with Gasteiger partial charge in [0.15, 0.2) is 0 Å². The zero-order valence-electron chi connectivity index (χ0n) is 15.7. The third kappa shape index (κ3) is 3.94. The SMILES string of the molecule is Cc1nc2ccccc2c(C)c1CC(=O)NCC(c1cccs1)N(C)C. The molecule has 1 atom stereocenters. The van der Waals surface area contributed by atoms with E-state index in [1.165, 1.54) is 4.88 Å². The Hall–Kier alpha value is -2.24. The summed E-state index contributed by atoms with van der Waals surface area (Å²) < 4.78 is 0. The predicted molar refractivity (Wildman–Crippen MR) is 109 cm³/mol. The molecule has 0 radical (unpaired) electrons. The van der Waals surface area contributed by atoms with Crippen LogP contribution in [0.3, 0.4) is 0 Å². The molecule has 3 rings (SSSR count). The van der Waals surface area contributed by atoms with Crippen LogP contribution in [0.15, 0.2) is 41.8 Å². The topological polar surface area (TPSA) is 45.2 Å². The van der Waals surface area contributed by atoms with Gasteiger partial charge in [0.05, 0.1) is 18.0 Å². The summed E-state index contributed by atoms with van der Waals surface area (Å²) in [6, 6.07) is 12.4. The van der Waals surface area contributed by atoms with Crippen LogP contribution in [0.5, 0.6) is 0 Å². The average molecular weight is 368 g/mol. The van der Waals surface area contributed by atoms with Gasteiger partial charge in [-0.1, -0.05) is 24.3 Å². The zero-order valence-corrected chi connectivity index (χ0v) is 16.6. The van der Waals surface area contributed by atoms with Gasteiger partial charge in [0.1, 0.15) is 0 Å². The highest BCUT2D eigenvalue weighted by Gasteiger charge is 2.18. The molecule has 0 saturated heterocycles. The van der Waals surface area contributed by atoms with Gasteiger partial charge >= 0.3 is 0 Å². The fourth-order valence-corrected chi connectivity index (χ4v) is 4.21. The largest absolute Gasteiger partial charge is 0.354 e. The number of hydrogen-bond acceptors (Lipinski definition) is 4. The second-order valence-electron chi connectivity index (χ2n) is 6.79. The third-order valence-corrected chi connectivity index (χ3v) is 5.78. The number of aromatic nitrogens is 1. The van der Waals surface area contributed by atoms with Crippen LogP contribution in [0.25, 0.3) is 10.9 Å². The minimum Gasteiger partial charge on any atom is -0.354 e. The number of hydrogen-bond donors (Lipinski definition) is 1. The monoisotopic (exact) mass is 367 g/mol. The second kappa shape index (κ2) is 7.98. The van der Waals surface area contributed by atoms with Crippen LogP contribution in [-0.2, 0) is 11.2 Å². The zero-order chi connectivity index (χ0) is 18.7. The molecule has 1 aromatic carbocycles. The van der Waals surface area contributed by atoms with Crippen molar-refractivity contribution in [3.8, 4) is 0 Å². The number of carbonyl (C=O) groups excluding carboxylic acids is 1. The summed E-state index contributed by atoms with van der Waals surface area (Å²) in [7, 11) is 4.08. The van der Waals surface area contributed by atoms with E-state index in [0.29, 0.717) is 13.0 Å². The molecule has 5 heteroatoms. The molecule has 1 unspecified atom stereocenters. The first-order chi connectivity index (χ1) is 12.5. The molecule has 2 aromatic heterocycles. The lowest BCUT2D eigenvalue weighted by atomic mass is 9.99. The van der Waals surface area contributed by atoms with Crippen LogP contribution in [0, 0.1) is 13.8 Å². The lowest BCUT2D eigenvalue weighted by Crippen LogP contribution is -2.35. The Bertz CT molecular complexity index is 903. The van der Waals surface area contributed by atoms with Crippen molar-refractivity contribution in [1.82, 2.24) is 15.2 Å². The highest BCUT2D eigenvalue weighted by Crippen LogP contribution is 2.24. The molecule has 1 N–H and O–H groups in total. The summed E-state index contributed by atoms with van der Waals surface area (Å²) in [5, 5.41) is 6.29. The normalized spacial score (nSPS) is 12.5. The summed E-state index contributed by atoms with van der Waals surface area (Å²) in [6.07, 6.45) is 0.361. The van der Waals surface area contributed by atoms with Gasteiger partial charge in [-0.2, -0.15) is 0 Å². The first-order valence-corrected chi connectivity index (χ1v) is 9.66. The lowest BCUT2D eigenvalue weighted by molar-refractivity contribution is -0.120. The quantitative estimate of drug-likeness (QED) is 0.719. The molecule has 0 bridgehead atoms. The average Bonchev–Trinajstić information content (AvgIpc) is 3.13. The number of nitrogens with zero attached hydrogens (tertiary/aromatic N) is 2. The van der Waals surface area contributed by atoms with Crippen molar-refractivity contribution >= 4 is 28.1 Å². The molecule has 1 amide bonds. The first-order valence-electron chi connectivity index (χ1n) is 8.78. The Morgan fingerprint density at radius 1 is 1.19 bits per heavy atom. The number of amides is 1. The summed E-state index contributed by atoms with van der Waals surface area (Å²) in [4.78, 5) is 20.7. The van der Waals surface area contributed by atoms with Gasteiger partial charge in [0.2, 0.25) is 5.91 Å². The first kappa shape index (κ1) is 18.5. The van der Waals surface area contributed by atoms with Crippen molar-refractivity contribution in [2.45, 2.75) is 26.3 Å². The molecule has 3 aromatic rings. The van der Waals surface area contributed by atoms with Crippen molar-refractivity contribution in [2.24, 2.45) is 0 Å². The van der Waals surface area contributed by atoms with Gasteiger partial charge in [-0.15, -0.1) is 11.3 Å². The number of benzene rings is 1. The Morgan fingerprint density at radius 2 is 1.96 bits per heavy atom.